The van der Waals surface area contributed by atoms with Crippen LogP contribution in [0.25, 0.3) is 0 Å². The molecule has 0 aliphatic rings. The summed E-state index contributed by atoms with van der Waals surface area (Å²) in [6.45, 7) is 13.9. The summed E-state index contributed by atoms with van der Waals surface area (Å²) < 4.78 is 5.91. The van der Waals surface area contributed by atoms with E-state index in [0.29, 0.717) is 27.0 Å². The fraction of sp³-hybridized carbons (Fsp3) is 0.321. The van der Waals surface area contributed by atoms with Crippen LogP contribution in [0.5, 0.6) is 5.75 Å². The van der Waals surface area contributed by atoms with E-state index >= 15 is 0 Å². The highest BCUT2D eigenvalue weighted by Crippen LogP contribution is 2.29. The number of benzene rings is 3. The largest absolute Gasteiger partial charge is 0.493 e. The normalized spacial score (nSPS) is 12.0. The molecule has 0 spiro atoms. The molecule has 1 unspecified atom stereocenters. The van der Waals surface area contributed by atoms with Gasteiger partial charge in [0.2, 0.25) is 0 Å². The molecular formula is C28H34NOP. The molecule has 3 heteroatoms. The topological polar surface area (TPSA) is 21.6 Å². The summed E-state index contributed by atoms with van der Waals surface area (Å²) in [6, 6.07) is 21.4. The van der Waals surface area contributed by atoms with Gasteiger partial charge in [0.25, 0.3) is 0 Å². The average molecular weight is 432 g/mol. The summed E-state index contributed by atoms with van der Waals surface area (Å²) in [5.74, 6) is 1.89. The van der Waals surface area contributed by atoms with E-state index in [9.17, 15) is 0 Å². The number of ether oxygens (including phenoxy) is 1. The molecule has 0 saturated heterocycles. The Bertz CT molecular complexity index is 1030. The molecule has 162 valence electrons. The van der Waals surface area contributed by atoms with Gasteiger partial charge in [-0.2, -0.15) is 0 Å². The Morgan fingerprint density at radius 2 is 1.52 bits per heavy atom. The van der Waals surface area contributed by atoms with Crippen LogP contribution >= 0.6 is 8.58 Å². The van der Waals surface area contributed by atoms with E-state index in [1.807, 2.05) is 6.92 Å². The highest BCUT2D eigenvalue weighted by atomic mass is 31.1. The molecule has 31 heavy (non-hydrogen) atoms. The van der Waals surface area contributed by atoms with Crippen molar-refractivity contribution in [1.82, 2.24) is 0 Å². The Labute approximate surface area is 189 Å². The van der Waals surface area contributed by atoms with Gasteiger partial charge in [-0.1, -0.05) is 84.8 Å². The van der Waals surface area contributed by atoms with E-state index in [4.69, 9.17) is 9.73 Å². The molecule has 3 aromatic carbocycles. The zero-order valence-electron chi connectivity index (χ0n) is 19.6. The fourth-order valence-electron chi connectivity index (χ4n) is 3.80. The first-order chi connectivity index (χ1) is 14.9. The van der Waals surface area contributed by atoms with Crippen molar-refractivity contribution in [1.29, 1.82) is 0 Å². The minimum absolute atomic E-state index is 0.456. The van der Waals surface area contributed by atoms with Gasteiger partial charge in [-0.25, -0.2) is 0 Å². The number of aliphatic imine (C=N–C) groups is 1. The van der Waals surface area contributed by atoms with Crippen LogP contribution < -0.4 is 15.3 Å². The first-order valence-electron chi connectivity index (χ1n) is 11.2. The third-order valence-electron chi connectivity index (χ3n) is 5.45. The van der Waals surface area contributed by atoms with Crippen molar-refractivity contribution < 1.29 is 4.74 Å². The van der Waals surface area contributed by atoms with Crippen LogP contribution in [0.1, 0.15) is 68.7 Å². The summed E-state index contributed by atoms with van der Waals surface area (Å²) in [7, 11) is 0.497. The van der Waals surface area contributed by atoms with Gasteiger partial charge in [-0.3, -0.25) is 4.99 Å². The number of hydrogen-bond acceptors (Lipinski definition) is 2. The molecule has 0 aliphatic heterocycles. The molecule has 0 aromatic heterocycles. The van der Waals surface area contributed by atoms with Gasteiger partial charge in [-0.05, 0) is 60.1 Å². The molecule has 0 radical (unpaired) electrons. The Kier molecular flexibility index (Phi) is 8.04. The lowest BCUT2D eigenvalue weighted by Gasteiger charge is -2.17. The number of nitrogens with zero attached hydrogens (tertiary/aromatic N) is 1. The zero-order valence-corrected chi connectivity index (χ0v) is 20.6. The first-order valence-corrected chi connectivity index (χ1v) is 12.2. The summed E-state index contributed by atoms with van der Waals surface area (Å²) in [6.07, 6.45) is 2.08. The van der Waals surface area contributed by atoms with Crippen molar-refractivity contribution in [2.45, 2.75) is 53.4 Å². The van der Waals surface area contributed by atoms with E-state index in [-0.39, 0.29) is 0 Å². The number of aryl methyl sites for hydroxylation is 1. The smallest absolute Gasteiger partial charge is 0.127 e. The summed E-state index contributed by atoms with van der Waals surface area (Å²) in [5, 5.41) is 2.50. The first kappa shape index (κ1) is 23.2. The zero-order chi connectivity index (χ0) is 22.4. The lowest BCUT2D eigenvalue weighted by atomic mass is 9.89. The van der Waals surface area contributed by atoms with Crippen LogP contribution in [-0.2, 0) is 0 Å². The van der Waals surface area contributed by atoms with Crippen molar-refractivity contribution in [2.75, 3.05) is 6.61 Å². The maximum absolute atomic E-state index is 5.91. The van der Waals surface area contributed by atoms with Crippen LogP contribution in [0.15, 0.2) is 65.7 Å². The molecule has 3 rings (SSSR count). The van der Waals surface area contributed by atoms with Crippen molar-refractivity contribution in [3.05, 3.63) is 82.9 Å². The van der Waals surface area contributed by atoms with E-state index in [1.54, 1.807) is 0 Å². The lowest BCUT2D eigenvalue weighted by molar-refractivity contribution is 0.343. The number of rotatable bonds is 8. The molecule has 0 fully saturated rings. The van der Waals surface area contributed by atoms with Gasteiger partial charge in [0.15, 0.2) is 0 Å². The predicted octanol–water partition coefficient (Wildman–Crippen LogP) is 7.02. The van der Waals surface area contributed by atoms with E-state index in [0.717, 1.165) is 11.4 Å². The minimum Gasteiger partial charge on any atom is -0.493 e. The van der Waals surface area contributed by atoms with Crippen molar-refractivity contribution in [2.24, 2.45) is 4.99 Å². The van der Waals surface area contributed by atoms with Gasteiger partial charge < -0.3 is 4.74 Å². The predicted molar refractivity (Wildman–Crippen MR) is 138 cm³/mol. The van der Waals surface area contributed by atoms with E-state index in [1.165, 1.54) is 32.9 Å². The summed E-state index contributed by atoms with van der Waals surface area (Å²) in [4.78, 5) is 5.01. The maximum atomic E-state index is 5.91. The van der Waals surface area contributed by atoms with Gasteiger partial charge in [0, 0.05) is 16.8 Å². The Morgan fingerprint density at radius 3 is 2.16 bits per heavy atom. The monoisotopic (exact) mass is 431 g/mol. The SMILES string of the molecule is CCOc1cccc(C)c1Pc1ccccc1N=Cc1c(C(C)C)cccc1C(C)C. The van der Waals surface area contributed by atoms with Gasteiger partial charge in [0.1, 0.15) is 5.75 Å². The van der Waals surface area contributed by atoms with Crippen LogP contribution in [-0.4, -0.2) is 12.8 Å². The average Bonchev–Trinajstić information content (AvgIpc) is 2.75. The molecule has 0 amide bonds. The second kappa shape index (κ2) is 10.7. The number of para-hydroxylation sites is 1. The van der Waals surface area contributed by atoms with E-state index in [2.05, 4.69) is 101 Å². The molecule has 0 aliphatic carbocycles. The fourth-order valence-corrected chi connectivity index (χ4v) is 5.08. The molecule has 0 saturated carbocycles. The quantitative estimate of drug-likeness (QED) is 0.277. The van der Waals surface area contributed by atoms with Crippen molar-refractivity contribution in [3.63, 3.8) is 0 Å². The lowest BCUT2D eigenvalue weighted by Crippen LogP contribution is -2.12. The van der Waals surface area contributed by atoms with Crippen LogP contribution in [0, 0.1) is 6.92 Å². The van der Waals surface area contributed by atoms with Crippen LogP contribution in [0.2, 0.25) is 0 Å². The second-order valence-electron chi connectivity index (χ2n) is 8.44. The molecule has 0 bridgehead atoms. The van der Waals surface area contributed by atoms with Crippen molar-refractivity contribution in [3.8, 4) is 5.75 Å². The second-order valence-corrected chi connectivity index (χ2v) is 9.73. The Morgan fingerprint density at radius 1 is 0.871 bits per heavy atom. The highest BCUT2D eigenvalue weighted by molar-refractivity contribution is 7.56. The molecule has 3 aromatic rings. The standard InChI is InChI=1S/C28H34NOP/c1-7-30-26-16-10-12-21(6)28(26)31-27-17-9-8-15-25(27)29-18-24-22(19(2)3)13-11-14-23(24)20(4)5/h8-20,31H,7H2,1-6H3. The summed E-state index contributed by atoms with van der Waals surface area (Å²) in [5.41, 5.74) is 6.26. The third-order valence-corrected chi connectivity index (χ3v) is 7.03. The molecule has 0 N–H and O–H groups in total. The third kappa shape index (κ3) is 5.63. The van der Waals surface area contributed by atoms with Crippen LogP contribution in [0.3, 0.4) is 0 Å². The molecule has 0 heterocycles. The molecule has 1 atom stereocenters. The maximum Gasteiger partial charge on any atom is 0.127 e. The van der Waals surface area contributed by atoms with E-state index < -0.39 is 0 Å². The van der Waals surface area contributed by atoms with Gasteiger partial charge in [0.05, 0.1) is 12.3 Å². The number of hydrogen-bond donors (Lipinski definition) is 0. The van der Waals surface area contributed by atoms with Gasteiger partial charge >= 0.3 is 0 Å². The molecular weight excluding hydrogens is 397 g/mol. The Balaban J connectivity index is 2.01. The molecule has 2 nitrogen and oxygen atoms in total. The van der Waals surface area contributed by atoms with Crippen molar-refractivity contribution >= 4 is 31.1 Å². The Hall–Kier alpha value is -2.44. The minimum atomic E-state index is 0.456. The highest BCUT2D eigenvalue weighted by Gasteiger charge is 2.13. The summed E-state index contributed by atoms with van der Waals surface area (Å²) >= 11 is 0. The van der Waals surface area contributed by atoms with Crippen LogP contribution in [0.4, 0.5) is 5.69 Å². The van der Waals surface area contributed by atoms with Gasteiger partial charge in [-0.15, -0.1) is 0 Å².